The number of halogens is 1. The molecule has 4 aromatic rings. The molecule has 5 nitrogen and oxygen atoms in total. The Morgan fingerprint density at radius 3 is 2.70 bits per heavy atom. The summed E-state index contributed by atoms with van der Waals surface area (Å²) in [5.41, 5.74) is 3.00. The van der Waals surface area contributed by atoms with Crippen molar-refractivity contribution in [2.45, 2.75) is 13.0 Å². The molecule has 4 rings (SSSR count). The van der Waals surface area contributed by atoms with E-state index in [-0.39, 0.29) is 5.82 Å². The van der Waals surface area contributed by atoms with Crippen LogP contribution in [-0.4, -0.2) is 21.5 Å². The second-order valence-electron chi connectivity index (χ2n) is 6.25. The largest absolute Gasteiger partial charge is 0.370 e. The second-order valence-corrected chi connectivity index (χ2v) is 6.25. The number of hydrogen-bond acceptors (Lipinski definition) is 4. The SMILES string of the molecule is Fc1ccccc1CNc1nccc(NCCc2c[nH]c3ccccc23)n1. The lowest BCUT2D eigenvalue weighted by Gasteiger charge is -2.09. The Morgan fingerprint density at radius 1 is 0.926 bits per heavy atom. The fraction of sp³-hybridized carbons (Fsp3) is 0.143. The minimum atomic E-state index is -0.238. The van der Waals surface area contributed by atoms with Gasteiger partial charge in [0, 0.05) is 41.9 Å². The molecular formula is C21H20FN5. The molecule has 6 heteroatoms. The molecule has 0 atom stereocenters. The molecule has 0 spiro atoms. The molecule has 0 amide bonds. The molecule has 0 radical (unpaired) electrons. The van der Waals surface area contributed by atoms with Crippen molar-refractivity contribution >= 4 is 22.7 Å². The molecule has 0 saturated carbocycles. The Kier molecular flexibility index (Phi) is 4.96. The van der Waals surface area contributed by atoms with Crippen LogP contribution in [0, 0.1) is 5.82 Å². The van der Waals surface area contributed by atoms with Crippen LogP contribution in [0.15, 0.2) is 67.0 Å². The summed E-state index contributed by atoms with van der Waals surface area (Å²) in [7, 11) is 0. The molecule has 3 N–H and O–H groups in total. The quantitative estimate of drug-likeness (QED) is 0.457. The second kappa shape index (κ2) is 7.86. The number of hydrogen-bond donors (Lipinski definition) is 3. The summed E-state index contributed by atoms with van der Waals surface area (Å²) >= 11 is 0. The monoisotopic (exact) mass is 361 g/mol. The average molecular weight is 361 g/mol. The highest BCUT2D eigenvalue weighted by Crippen LogP contribution is 2.18. The number of fused-ring (bicyclic) bond motifs is 1. The standard InChI is InChI=1S/C21H20FN5/c22-18-7-3-1-5-16(18)14-26-21-24-12-10-20(27-21)23-11-9-15-13-25-19-8-4-2-6-17(15)19/h1-8,10,12-13,25H,9,11,14H2,(H2,23,24,26,27). The Morgan fingerprint density at radius 2 is 1.78 bits per heavy atom. The maximum atomic E-state index is 13.7. The van der Waals surface area contributed by atoms with E-state index in [2.05, 4.69) is 37.7 Å². The van der Waals surface area contributed by atoms with Crippen molar-refractivity contribution in [2.75, 3.05) is 17.2 Å². The number of nitrogens with zero attached hydrogens (tertiary/aromatic N) is 2. The van der Waals surface area contributed by atoms with Gasteiger partial charge in [-0.25, -0.2) is 9.37 Å². The van der Waals surface area contributed by atoms with Gasteiger partial charge in [0.05, 0.1) is 0 Å². The van der Waals surface area contributed by atoms with Crippen molar-refractivity contribution in [3.05, 3.63) is 83.9 Å². The van der Waals surface area contributed by atoms with Gasteiger partial charge >= 0.3 is 0 Å². The molecule has 0 unspecified atom stereocenters. The predicted molar refractivity (Wildman–Crippen MR) is 106 cm³/mol. The Bertz CT molecular complexity index is 1040. The van der Waals surface area contributed by atoms with E-state index < -0.39 is 0 Å². The molecule has 136 valence electrons. The van der Waals surface area contributed by atoms with Crippen LogP contribution in [0.3, 0.4) is 0 Å². The van der Waals surface area contributed by atoms with Crippen LogP contribution in [-0.2, 0) is 13.0 Å². The first kappa shape index (κ1) is 17.0. The van der Waals surface area contributed by atoms with Crippen molar-refractivity contribution in [1.82, 2.24) is 15.0 Å². The zero-order valence-corrected chi connectivity index (χ0v) is 14.7. The summed E-state index contributed by atoms with van der Waals surface area (Å²) in [5, 5.41) is 7.63. The first-order valence-corrected chi connectivity index (χ1v) is 8.89. The van der Waals surface area contributed by atoms with Crippen LogP contribution in [0.2, 0.25) is 0 Å². The van der Waals surface area contributed by atoms with Gasteiger partial charge < -0.3 is 15.6 Å². The highest BCUT2D eigenvalue weighted by molar-refractivity contribution is 5.83. The van der Waals surface area contributed by atoms with Crippen LogP contribution in [0.25, 0.3) is 10.9 Å². The van der Waals surface area contributed by atoms with Gasteiger partial charge in [-0.15, -0.1) is 0 Å². The van der Waals surface area contributed by atoms with Crippen LogP contribution >= 0.6 is 0 Å². The third-order valence-electron chi connectivity index (χ3n) is 4.43. The predicted octanol–water partition coefficient (Wildman–Crippen LogP) is 4.36. The summed E-state index contributed by atoms with van der Waals surface area (Å²) < 4.78 is 13.7. The number of nitrogens with one attached hydrogen (secondary N) is 3. The van der Waals surface area contributed by atoms with Gasteiger partial charge in [-0.2, -0.15) is 4.98 Å². The number of para-hydroxylation sites is 1. The molecule has 2 heterocycles. The number of benzene rings is 2. The molecule has 2 aromatic carbocycles. The Balaban J connectivity index is 1.34. The van der Waals surface area contributed by atoms with Crippen LogP contribution in [0.1, 0.15) is 11.1 Å². The number of anilines is 2. The average Bonchev–Trinajstić information content (AvgIpc) is 3.11. The fourth-order valence-electron chi connectivity index (χ4n) is 3.02. The Labute approximate surface area is 156 Å². The van der Waals surface area contributed by atoms with Crippen LogP contribution < -0.4 is 10.6 Å². The fourth-order valence-corrected chi connectivity index (χ4v) is 3.02. The van der Waals surface area contributed by atoms with Crippen molar-refractivity contribution in [3.63, 3.8) is 0 Å². The van der Waals surface area contributed by atoms with E-state index in [1.165, 1.54) is 17.0 Å². The van der Waals surface area contributed by atoms with Gasteiger partial charge in [0.1, 0.15) is 11.6 Å². The van der Waals surface area contributed by atoms with Gasteiger partial charge in [-0.1, -0.05) is 36.4 Å². The normalized spacial score (nSPS) is 10.9. The summed E-state index contributed by atoms with van der Waals surface area (Å²) in [4.78, 5) is 11.9. The third kappa shape index (κ3) is 4.06. The van der Waals surface area contributed by atoms with E-state index in [9.17, 15) is 4.39 Å². The van der Waals surface area contributed by atoms with E-state index in [1.54, 1.807) is 18.3 Å². The van der Waals surface area contributed by atoms with Crippen molar-refractivity contribution in [1.29, 1.82) is 0 Å². The van der Waals surface area contributed by atoms with Gasteiger partial charge in [0.2, 0.25) is 5.95 Å². The highest BCUT2D eigenvalue weighted by atomic mass is 19.1. The smallest absolute Gasteiger partial charge is 0.224 e. The molecule has 0 fully saturated rings. The molecule has 2 aromatic heterocycles. The highest BCUT2D eigenvalue weighted by Gasteiger charge is 2.05. The molecule has 0 aliphatic carbocycles. The molecule has 0 saturated heterocycles. The third-order valence-corrected chi connectivity index (χ3v) is 4.43. The minimum Gasteiger partial charge on any atom is -0.370 e. The summed E-state index contributed by atoms with van der Waals surface area (Å²) in [5.74, 6) is 0.967. The van der Waals surface area contributed by atoms with Gasteiger partial charge in [0.25, 0.3) is 0 Å². The number of aromatic amines is 1. The van der Waals surface area contributed by atoms with E-state index in [1.807, 2.05) is 30.5 Å². The van der Waals surface area contributed by atoms with Crippen LogP contribution in [0.5, 0.6) is 0 Å². The summed E-state index contributed by atoms with van der Waals surface area (Å²) in [6.07, 6.45) is 4.62. The minimum absolute atomic E-state index is 0.238. The molecule has 0 bridgehead atoms. The van der Waals surface area contributed by atoms with E-state index in [4.69, 9.17) is 0 Å². The lowest BCUT2D eigenvalue weighted by molar-refractivity contribution is 0.612. The van der Waals surface area contributed by atoms with Crippen molar-refractivity contribution in [3.8, 4) is 0 Å². The molecule has 0 aliphatic rings. The topological polar surface area (TPSA) is 65.6 Å². The van der Waals surface area contributed by atoms with Gasteiger partial charge in [-0.3, -0.25) is 0 Å². The first-order valence-electron chi connectivity index (χ1n) is 8.89. The first-order chi connectivity index (χ1) is 13.3. The lowest BCUT2D eigenvalue weighted by Crippen LogP contribution is -2.09. The number of aromatic nitrogens is 3. The zero-order valence-electron chi connectivity index (χ0n) is 14.7. The zero-order chi connectivity index (χ0) is 18.5. The maximum Gasteiger partial charge on any atom is 0.224 e. The van der Waals surface area contributed by atoms with Gasteiger partial charge in [-0.05, 0) is 30.2 Å². The number of rotatable bonds is 7. The molecule has 27 heavy (non-hydrogen) atoms. The van der Waals surface area contributed by atoms with Crippen molar-refractivity contribution in [2.24, 2.45) is 0 Å². The lowest BCUT2D eigenvalue weighted by atomic mass is 10.1. The van der Waals surface area contributed by atoms with Crippen LogP contribution in [0.4, 0.5) is 16.2 Å². The van der Waals surface area contributed by atoms with E-state index >= 15 is 0 Å². The number of H-pyrrole nitrogens is 1. The molecule has 0 aliphatic heterocycles. The summed E-state index contributed by atoms with van der Waals surface area (Å²) in [6.45, 7) is 1.09. The summed E-state index contributed by atoms with van der Waals surface area (Å²) in [6, 6.07) is 16.8. The van der Waals surface area contributed by atoms with Gasteiger partial charge in [0.15, 0.2) is 0 Å². The van der Waals surface area contributed by atoms with Crippen molar-refractivity contribution < 1.29 is 4.39 Å². The maximum absolute atomic E-state index is 13.7. The molecular weight excluding hydrogens is 341 g/mol. The Hall–Kier alpha value is -3.41. The van der Waals surface area contributed by atoms with E-state index in [0.717, 1.165) is 24.3 Å². The van der Waals surface area contributed by atoms with E-state index in [0.29, 0.717) is 18.1 Å².